The molecular weight excluding hydrogens is 470 g/mol. The van der Waals surface area contributed by atoms with E-state index in [1.807, 2.05) is 60.0 Å². The maximum absolute atomic E-state index is 12.3. The number of nitrogens with one attached hydrogen (secondary N) is 1. The fourth-order valence-electron chi connectivity index (χ4n) is 3.17. The molecule has 9 nitrogen and oxygen atoms in total. The summed E-state index contributed by atoms with van der Waals surface area (Å²) in [6, 6.07) is 11.5. The van der Waals surface area contributed by atoms with E-state index >= 15 is 0 Å². The molecule has 0 aliphatic rings. The monoisotopic (exact) mass is 495 g/mol. The van der Waals surface area contributed by atoms with Crippen molar-refractivity contribution in [3.05, 3.63) is 64.9 Å². The van der Waals surface area contributed by atoms with Crippen molar-refractivity contribution in [1.82, 2.24) is 34.9 Å². The number of aromatic nitrogens is 5. The van der Waals surface area contributed by atoms with Gasteiger partial charge in [0.1, 0.15) is 16.5 Å². The van der Waals surface area contributed by atoms with E-state index in [9.17, 15) is 4.79 Å². The van der Waals surface area contributed by atoms with E-state index in [4.69, 9.17) is 4.74 Å². The fourth-order valence-corrected chi connectivity index (χ4v) is 4.91. The molecule has 0 atom stereocenters. The number of nitrogens with zero attached hydrogens (tertiary/aromatic N) is 6. The van der Waals surface area contributed by atoms with Crippen LogP contribution in [0.2, 0.25) is 0 Å². The van der Waals surface area contributed by atoms with E-state index < -0.39 is 0 Å². The summed E-state index contributed by atoms with van der Waals surface area (Å²) in [6.45, 7) is 1.35. The first kappa shape index (κ1) is 23.9. The maximum Gasteiger partial charge on any atom is 0.270 e. The summed E-state index contributed by atoms with van der Waals surface area (Å²) >= 11 is 2.96. The zero-order valence-corrected chi connectivity index (χ0v) is 20.8. The first-order valence-electron chi connectivity index (χ1n) is 10.6. The summed E-state index contributed by atoms with van der Waals surface area (Å²) in [5.74, 6) is 1.80. The van der Waals surface area contributed by atoms with Gasteiger partial charge in [-0.3, -0.25) is 14.3 Å². The zero-order chi connectivity index (χ0) is 23.9. The molecule has 0 spiro atoms. The molecule has 0 fully saturated rings. The maximum atomic E-state index is 12.3. The van der Waals surface area contributed by atoms with E-state index in [2.05, 4.69) is 25.5 Å². The van der Waals surface area contributed by atoms with Crippen LogP contribution in [0.3, 0.4) is 0 Å². The number of para-hydroxylation sites is 2. The SMILES string of the molecule is COc1ccccc1-n1c(SCc2nc(C(=O)NCCN(C)C)cs2)nnc1-c1ccncc1. The molecule has 11 heteroatoms. The van der Waals surface area contributed by atoms with Crippen molar-refractivity contribution in [3.63, 3.8) is 0 Å². The first-order valence-corrected chi connectivity index (χ1v) is 12.4. The standard InChI is InChI=1S/C23H25N7O2S2/c1-29(2)13-12-25-22(31)17-14-33-20(26-17)15-34-23-28-27-21(16-8-10-24-11-9-16)30(23)18-6-4-5-7-19(18)32-3/h4-11,14H,12-13,15H2,1-3H3,(H,25,31). The van der Waals surface area contributed by atoms with Crippen molar-refractivity contribution >= 4 is 29.0 Å². The lowest BCUT2D eigenvalue weighted by Crippen LogP contribution is -2.31. The van der Waals surface area contributed by atoms with Gasteiger partial charge in [0, 0.05) is 36.4 Å². The number of thiazole rings is 1. The average molecular weight is 496 g/mol. The van der Waals surface area contributed by atoms with Crippen LogP contribution in [0.15, 0.2) is 59.3 Å². The molecule has 1 amide bonds. The second-order valence-electron chi connectivity index (χ2n) is 7.52. The molecule has 0 saturated heterocycles. The third-order valence-electron chi connectivity index (χ3n) is 4.85. The van der Waals surface area contributed by atoms with Gasteiger partial charge in [-0.2, -0.15) is 0 Å². The number of amides is 1. The topological polar surface area (TPSA) is 98.1 Å². The quantitative estimate of drug-likeness (QED) is 0.335. The number of methoxy groups -OCH3 is 1. The van der Waals surface area contributed by atoms with Gasteiger partial charge in [0.2, 0.25) is 0 Å². The number of rotatable bonds is 10. The Morgan fingerprint density at radius 2 is 1.97 bits per heavy atom. The highest BCUT2D eigenvalue weighted by atomic mass is 32.2. The van der Waals surface area contributed by atoms with Crippen LogP contribution in [0.1, 0.15) is 15.5 Å². The molecule has 0 aliphatic carbocycles. The highest BCUT2D eigenvalue weighted by Gasteiger charge is 2.20. The van der Waals surface area contributed by atoms with Crippen molar-refractivity contribution < 1.29 is 9.53 Å². The summed E-state index contributed by atoms with van der Waals surface area (Å²) in [4.78, 5) is 23.0. The Hall–Kier alpha value is -3.28. The molecular formula is C23H25N7O2S2. The molecule has 0 radical (unpaired) electrons. The third kappa shape index (κ3) is 5.61. The molecule has 176 valence electrons. The van der Waals surface area contributed by atoms with Crippen LogP contribution in [0.4, 0.5) is 0 Å². The van der Waals surface area contributed by atoms with Crippen LogP contribution >= 0.6 is 23.1 Å². The van der Waals surface area contributed by atoms with Crippen molar-refractivity contribution in [1.29, 1.82) is 0 Å². The summed E-state index contributed by atoms with van der Waals surface area (Å²) in [6.07, 6.45) is 3.45. The number of carbonyl (C=O) groups excluding carboxylic acids is 1. The Bertz CT molecular complexity index is 1240. The zero-order valence-electron chi connectivity index (χ0n) is 19.1. The molecule has 3 heterocycles. The number of thioether (sulfide) groups is 1. The molecule has 4 aromatic rings. The Labute approximate surface area is 206 Å². The third-order valence-corrected chi connectivity index (χ3v) is 6.82. The molecule has 34 heavy (non-hydrogen) atoms. The van der Waals surface area contributed by atoms with Gasteiger partial charge in [-0.25, -0.2) is 4.98 Å². The largest absolute Gasteiger partial charge is 0.495 e. The van der Waals surface area contributed by atoms with Gasteiger partial charge in [-0.05, 0) is 38.4 Å². The number of pyridine rings is 1. The summed E-state index contributed by atoms with van der Waals surface area (Å²) < 4.78 is 7.57. The normalized spacial score (nSPS) is 11.1. The van der Waals surface area contributed by atoms with Crippen LogP contribution in [-0.4, -0.2) is 69.8 Å². The smallest absolute Gasteiger partial charge is 0.270 e. The molecule has 4 rings (SSSR count). The van der Waals surface area contributed by atoms with Crippen molar-refractivity contribution in [2.45, 2.75) is 10.9 Å². The van der Waals surface area contributed by atoms with E-state index in [1.165, 1.54) is 23.1 Å². The van der Waals surface area contributed by atoms with E-state index in [0.717, 1.165) is 22.8 Å². The summed E-state index contributed by atoms with van der Waals surface area (Å²) in [5, 5.41) is 15.1. The number of hydrogen-bond acceptors (Lipinski definition) is 9. The molecule has 0 bridgehead atoms. The Kier molecular flexibility index (Phi) is 7.88. The lowest BCUT2D eigenvalue weighted by Gasteiger charge is -2.13. The van der Waals surface area contributed by atoms with E-state index in [1.54, 1.807) is 24.9 Å². The molecule has 3 aromatic heterocycles. The number of benzene rings is 1. The van der Waals surface area contributed by atoms with Gasteiger partial charge in [0.15, 0.2) is 11.0 Å². The Morgan fingerprint density at radius 3 is 2.74 bits per heavy atom. The van der Waals surface area contributed by atoms with Crippen LogP contribution in [0.5, 0.6) is 5.75 Å². The van der Waals surface area contributed by atoms with Crippen LogP contribution in [0, 0.1) is 0 Å². The van der Waals surface area contributed by atoms with Crippen LogP contribution in [0.25, 0.3) is 17.1 Å². The molecule has 0 unspecified atom stereocenters. The predicted octanol–water partition coefficient (Wildman–Crippen LogP) is 3.38. The highest BCUT2D eigenvalue weighted by Crippen LogP contribution is 2.33. The summed E-state index contributed by atoms with van der Waals surface area (Å²) in [5.41, 5.74) is 2.17. The molecule has 1 N–H and O–H groups in total. The van der Waals surface area contributed by atoms with Gasteiger partial charge >= 0.3 is 0 Å². The summed E-state index contributed by atoms with van der Waals surface area (Å²) in [7, 11) is 5.57. The van der Waals surface area contributed by atoms with Crippen LogP contribution in [-0.2, 0) is 5.75 Å². The number of carbonyl (C=O) groups is 1. The van der Waals surface area contributed by atoms with E-state index in [0.29, 0.717) is 34.7 Å². The fraction of sp³-hybridized carbons (Fsp3) is 0.261. The number of likely N-dealkylation sites (N-methyl/N-ethyl adjacent to an activating group) is 1. The molecule has 0 aliphatic heterocycles. The van der Waals surface area contributed by atoms with E-state index in [-0.39, 0.29) is 5.91 Å². The second-order valence-corrected chi connectivity index (χ2v) is 9.41. The Balaban J connectivity index is 1.56. The van der Waals surface area contributed by atoms with Crippen molar-refractivity contribution in [3.8, 4) is 22.8 Å². The average Bonchev–Trinajstić information content (AvgIpc) is 3.50. The Morgan fingerprint density at radius 1 is 1.18 bits per heavy atom. The lowest BCUT2D eigenvalue weighted by molar-refractivity contribution is 0.0946. The van der Waals surface area contributed by atoms with Gasteiger partial charge in [0.25, 0.3) is 5.91 Å². The first-order chi connectivity index (χ1) is 16.6. The van der Waals surface area contributed by atoms with Gasteiger partial charge < -0.3 is 15.0 Å². The number of ether oxygens (including phenoxy) is 1. The van der Waals surface area contributed by atoms with Crippen LogP contribution < -0.4 is 10.1 Å². The van der Waals surface area contributed by atoms with Gasteiger partial charge in [-0.1, -0.05) is 23.9 Å². The molecule has 0 saturated carbocycles. The van der Waals surface area contributed by atoms with Gasteiger partial charge in [0.05, 0.1) is 18.6 Å². The van der Waals surface area contributed by atoms with Crippen molar-refractivity contribution in [2.24, 2.45) is 0 Å². The minimum absolute atomic E-state index is 0.161. The number of hydrogen-bond donors (Lipinski definition) is 1. The van der Waals surface area contributed by atoms with Gasteiger partial charge in [-0.15, -0.1) is 21.5 Å². The lowest BCUT2D eigenvalue weighted by atomic mass is 10.2. The minimum atomic E-state index is -0.161. The molecule has 1 aromatic carbocycles. The highest BCUT2D eigenvalue weighted by molar-refractivity contribution is 7.98. The minimum Gasteiger partial charge on any atom is -0.495 e. The predicted molar refractivity (Wildman–Crippen MR) is 134 cm³/mol. The second kappa shape index (κ2) is 11.2. The van der Waals surface area contributed by atoms with Crippen molar-refractivity contribution in [2.75, 3.05) is 34.3 Å².